The Morgan fingerprint density at radius 2 is 2.00 bits per heavy atom. The molecule has 1 aliphatic carbocycles. The monoisotopic (exact) mass is 315 g/mol. The summed E-state index contributed by atoms with van der Waals surface area (Å²) in [6.07, 6.45) is 3.89. The Kier molecular flexibility index (Phi) is 4.38. The van der Waals surface area contributed by atoms with Crippen LogP contribution in [-0.4, -0.2) is 47.1 Å². The minimum absolute atomic E-state index is 0.0975. The van der Waals surface area contributed by atoms with E-state index in [4.69, 9.17) is 5.11 Å². The first-order chi connectivity index (χ1) is 9.76. The molecule has 1 fully saturated rings. The summed E-state index contributed by atoms with van der Waals surface area (Å²) in [6.45, 7) is 3.56. The van der Waals surface area contributed by atoms with Crippen molar-refractivity contribution in [1.82, 2.24) is 14.5 Å². The molecule has 0 aromatic carbocycles. The lowest BCUT2D eigenvalue weighted by molar-refractivity contribution is 0.0686. The predicted octanol–water partition coefficient (Wildman–Crippen LogP) is 1.62. The third-order valence-electron chi connectivity index (χ3n) is 4.26. The zero-order chi connectivity index (χ0) is 15.8. The molecule has 1 aromatic rings. The van der Waals surface area contributed by atoms with Gasteiger partial charge in [-0.1, -0.05) is 19.8 Å². The molecule has 2 rings (SSSR count). The lowest BCUT2D eigenvalue weighted by Gasteiger charge is -2.35. The zero-order valence-electron chi connectivity index (χ0n) is 12.5. The predicted molar refractivity (Wildman–Crippen MR) is 76.7 cm³/mol. The van der Waals surface area contributed by atoms with Crippen LogP contribution in [0.25, 0.3) is 0 Å². The van der Waals surface area contributed by atoms with Crippen molar-refractivity contribution < 1.29 is 18.3 Å². The summed E-state index contributed by atoms with van der Waals surface area (Å²) in [5.41, 5.74) is -0.189. The maximum atomic E-state index is 12.8. The van der Waals surface area contributed by atoms with Gasteiger partial charge in [-0.05, 0) is 25.7 Å². The van der Waals surface area contributed by atoms with Gasteiger partial charge in [-0.2, -0.15) is 9.40 Å². The molecule has 0 radical (unpaired) electrons. The molecular weight excluding hydrogens is 294 g/mol. The van der Waals surface area contributed by atoms with Crippen LogP contribution in [-0.2, 0) is 10.0 Å². The van der Waals surface area contributed by atoms with Gasteiger partial charge in [0.15, 0.2) is 5.69 Å². The number of H-pyrrole nitrogens is 1. The third kappa shape index (κ3) is 2.82. The number of hydrogen-bond donors (Lipinski definition) is 2. The molecule has 7 nitrogen and oxygen atoms in total. The maximum Gasteiger partial charge on any atom is 0.357 e. The van der Waals surface area contributed by atoms with Crippen LogP contribution in [0.3, 0.4) is 0 Å². The Balaban J connectivity index is 2.42. The number of carboxylic acids is 1. The van der Waals surface area contributed by atoms with Crippen LogP contribution in [0.15, 0.2) is 4.90 Å². The molecule has 0 spiro atoms. The summed E-state index contributed by atoms with van der Waals surface area (Å²) in [4.78, 5) is 11.0. The summed E-state index contributed by atoms with van der Waals surface area (Å²) >= 11 is 0. The summed E-state index contributed by atoms with van der Waals surface area (Å²) in [6, 6.07) is -0.0975. The molecule has 0 bridgehead atoms. The van der Waals surface area contributed by atoms with Gasteiger partial charge in [-0.15, -0.1) is 0 Å². The van der Waals surface area contributed by atoms with E-state index in [1.165, 1.54) is 18.3 Å². The second kappa shape index (κ2) is 5.76. The summed E-state index contributed by atoms with van der Waals surface area (Å²) in [5, 5.41) is 15.2. The Morgan fingerprint density at radius 1 is 1.38 bits per heavy atom. The molecule has 1 heterocycles. The molecule has 2 N–H and O–H groups in total. The molecule has 1 aromatic heterocycles. The van der Waals surface area contributed by atoms with Crippen LogP contribution in [0.5, 0.6) is 0 Å². The molecule has 0 saturated heterocycles. The van der Waals surface area contributed by atoms with Gasteiger partial charge < -0.3 is 5.11 Å². The van der Waals surface area contributed by atoms with Crippen LogP contribution >= 0.6 is 0 Å². The zero-order valence-corrected chi connectivity index (χ0v) is 13.3. The highest BCUT2D eigenvalue weighted by Crippen LogP contribution is 2.32. The number of aromatic amines is 1. The Hall–Kier alpha value is -1.41. The molecule has 8 heteroatoms. The van der Waals surface area contributed by atoms with E-state index in [2.05, 4.69) is 10.2 Å². The summed E-state index contributed by atoms with van der Waals surface area (Å²) in [5.74, 6) is -1.08. The van der Waals surface area contributed by atoms with E-state index < -0.39 is 21.7 Å². The van der Waals surface area contributed by atoms with E-state index in [0.29, 0.717) is 0 Å². The van der Waals surface area contributed by atoms with E-state index in [0.717, 1.165) is 25.7 Å². The van der Waals surface area contributed by atoms with Crippen molar-refractivity contribution in [1.29, 1.82) is 0 Å². The summed E-state index contributed by atoms with van der Waals surface area (Å²) in [7, 11) is -2.35. The Labute approximate surface area is 124 Å². The van der Waals surface area contributed by atoms with Gasteiger partial charge in [-0.3, -0.25) is 5.10 Å². The largest absolute Gasteiger partial charge is 0.476 e. The minimum Gasteiger partial charge on any atom is -0.476 e. The number of carboxylic acid groups (broad SMARTS) is 1. The SMILES string of the molecule is Cc1[nH]nc(C(=O)O)c1S(=O)(=O)N(C)C1CCCCC1C. The second-order valence-electron chi connectivity index (χ2n) is 5.68. The van der Waals surface area contributed by atoms with Crippen LogP contribution < -0.4 is 0 Å². The van der Waals surface area contributed by atoms with E-state index in [-0.39, 0.29) is 22.5 Å². The maximum absolute atomic E-state index is 12.8. The highest BCUT2D eigenvalue weighted by Gasteiger charge is 2.37. The number of aryl methyl sites for hydroxylation is 1. The van der Waals surface area contributed by atoms with Gasteiger partial charge in [0.1, 0.15) is 4.90 Å². The number of carbonyl (C=O) groups is 1. The van der Waals surface area contributed by atoms with Crippen molar-refractivity contribution in [2.24, 2.45) is 5.92 Å². The molecule has 0 aliphatic heterocycles. The first-order valence-corrected chi connectivity index (χ1v) is 8.47. The van der Waals surface area contributed by atoms with Gasteiger partial charge in [0.2, 0.25) is 10.0 Å². The third-order valence-corrected chi connectivity index (χ3v) is 6.31. The van der Waals surface area contributed by atoms with E-state index in [1.54, 1.807) is 0 Å². The van der Waals surface area contributed by atoms with Crippen LogP contribution in [0.2, 0.25) is 0 Å². The molecule has 2 unspecified atom stereocenters. The van der Waals surface area contributed by atoms with E-state index in [1.807, 2.05) is 6.92 Å². The lowest BCUT2D eigenvalue weighted by Crippen LogP contribution is -2.43. The number of rotatable bonds is 4. The fraction of sp³-hybridized carbons (Fsp3) is 0.692. The van der Waals surface area contributed by atoms with Crippen molar-refractivity contribution in [3.05, 3.63) is 11.4 Å². The topological polar surface area (TPSA) is 103 Å². The fourth-order valence-corrected chi connectivity index (χ4v) is 4.81. The van der Waals surface area contributed by atoms with Crippen molar-refractivity contribution >= 4 is 16.0 Å². The number of nitrogens with one attached hydrogen (secondary N) is 1. The van der Waals surface area contributed by atoms with Crippen LogP contribution in [0.1, 0.15) is 48.8 Å². The molecule has 21 heavy (non-hydrogen) atoms. The van der Waals surface area contributed by atoms with Crippen molar-refractivity contribution in [3.8, 4) is 0 Å². The highest BCUT2D eigenvalue weighted by molar-refractivity contribution is 7.89. The average Bonchev–Trinajstić information content (AvgIpc) is 2.81. The minimum atomic E-state index is -3.88. The molecule has 1 aliphatic rings. The summed E-state index contributed by atoms with van der Waals surface area (Å²) < 4.78 is 26.9. The first kappa shape index (κ1) is 16.0. The number of aromatic carboxylic acids is 1. The van der Waals surface area contributed by atoms with Crippen molar-refractivity contribution in [2.45, 2.75) is 50.5 Å². The lowest BCUT2D eigenvalue weighted by atomic mass is 9.86. The number of sulfonamides is 1. The van der Waals surface area contributed by atoms with Gasteiger partial charge >= 0.3 is 5.97 Å². The normalized spacial score (nSPS) is 23.4. The van der Waals surface area contributed by atoms with Crippen molar-refractivity contribution in [3.63, 3.8) is 0 Å². The Morgan fingerprint density at radius 3 is 2.57 bits per heavy atom. The smallest absolute Gasteiger partial charge is 0.357 e. The van der Waals surface area contributed by atoms with E-state index >= 15 is 0 Å². The number of hydrogen-bond acceptors (Lipinski definition) is 4. The Bertz CT molecular complexity index is 638. The second-order valence-corrected chi connectivity index (χ2v) is 7.62. The number of nitrogens with zero attached hydrogens (tertiary/aromatic N) is 2. The molecule has 2 atom stereocenters. The van der Waals surface area contributed by atoms with Crippen molar-refractivity contribution in [2.75, 3.05) is 7.05 Å². The highest BCUT2D eigenvalue weighted by atomic mass is 32.2. The molecule has 1 saturated carbocycles. The first-order valence-electron chi connectivity index (χ1n) is 7.03. The van der Waals surface area contributed by atoms with Crippen LogP contribution in [0, 0.1) is 12.8 Å². The van der Waals surface area contributed by atoms with Gasteiger partial charge in [0, 0.05) is 13.1 Å². The van der Waals surface area contributed by atoms with Gasteiger partial charge in [0.05, 0.1) is 5.69 Å². The number of aromatic nitrogens is 2. The fourth-order valence-electron chi connectivity index (χ4n) is 3.04. The van der Waals surface area contributed by atoms with Gasteiger partial charge in [-0.25, -0.2) is 13.2 Å². The van der Waals surface area contributed by atoms with Gasteiger partial charge in [0.25, 0.3) is 0 Å². The molecule has 118 valence electrons. The quantitative estimate of drug-likeness (QED) is 0.878. The molecular formula is C13H21N3O4S. The standard InChI is InChI=1S/C13H21N3O4S/c1-8-6-4-5-7-10(8)16(3)21(19,20)12-9(2)14-15-11(12)13(17)18/h8,10H,4-7H2,1-3H3,(H,14,15)(H,17,18). The van der Waals surface area contributed by atoms with E-state index in [9.17, 15) is 13.2 Å². The molecule has 0 amide bonds. The average molecular weight is 315 g/mol. The van der Waals surface area contributed by atoms with Crippen LogP contribution in [0.4, 0.5) is 0 Å².